The highest BCUT2D eigenvalue weighted by Crippen LogP contribution is 2.24. The van der Waals surface area contributed by atoms with Gasteiger partial charge in [-0.1, -0.05) is 34.1 Å². The maximum atomic E-state index is 13.5. The fraction of sp³-hybridized carbons (Fsp3) is 0.160. The standard InChI is InChI=1S/C25H22BrFN2O3S/c1-16(2)33(31,32)24-7-4-18(5-8-24)19-3-6-23-11-20(15-29(23)14-19)25(30)28-13-17-9-21(26)12-22(27)10-17/h3-12,14-16H,13H2,1-2H3,(H,28,30). The monoisotopic (exact) mass is 528 g/mol. The second-order valence-corrected chi connectivity index (χ2v) is 11.5. The molecule has 33 heavy (non-hydrogen) atoms. The lowest BCUT2D eigenvalue weighted by Crippen LogP contribution is -2.22. The van der Waals surface area contributed by atoms with Crippen LogP contribution in [0.2, 0.25) is 0 Å². The predicted octanol–water partition coefficient (Wildman–Crippen LogP) is 5.62. The van der Waals surface area contributed by atoms with Crippen LogP contribution >= 0.6 is 15.9 Å². The van der Waals surface area contributed by atoms with Crippen molar-refractivity contribution >= 4 is 37.2 Å². The number of pyridine rings is 1. The zero-order valence-corrected chi connectivity index (χ0v) is 20.5. The summed E-state index contributed by atoms with van der Waals surface area (Å²) in [5.74, 6) is -0.630. The molecule has 0 aliphatic heterocycles. The Morgan fingerprint density at radius 1 is 1.00 bits per heavy atom. The van der Waals surface area contributed by atoms with Gasteiger partial charge >= 0.3 is 0 Å². The molecule has 0 unspecified atom stereocenters. The molecular formula is C25H22BrFN2O3S. The molecule has 0 aliphatic rings. The van der Waals surface area contributed by atoms with Crippen molar-refractivity contribution in [2.75, 3.05) is 0 Å². The second kappa shape index (κ2) is 9.11. The van der Waals surface area contributed by atoms with Gasteiger partial charge in [-0.05, 0) is 73.0 Å². The second-order valence-electron chi connectivity index (χ2n) is 8.06. The van der Waals surface area contributed by atoms with Crippen molar-refractivity contribution in [1.29, 1.82) is 0 Å². The average molecular weight is 529 g/mol. The molecule has 1 N–H and O–H groups in total. The van der Waals surface area contributed by atoms with Gasteiger partial charge in [0.15, 0.2) is 9.84 Å². The number of aromatic nitrogens is 1. The van der Waals surface area contributed by atoms with Crippen LogP contribution in [0, 0.1) is 5.82 Å². The number of hydrogen-bond donors (Lipinski definition) is 1. The molecule has 8 heteroatoms. The minimum atomic E-state index is -3.32. The number of sulfone groups is 1. The largest absolute Gasteiger partial charge is 0.348 e. The van der Waals surface area contributed by atoms with Crippen LogP contribution in [0.3, 0.4) is 0 Å². The molecule has 1 amide bonds. The topological polar surface area (TPSA) is 67.7 Å². The molecule has 4 aromatic rings. The van der Waals surface area contributed by atoms with Gasteiger partial charge in [-0.15, -0.1) is 0 Å². The highest BCUT2D eigenvalue weighted by Gasteiger charge is 2.19. The average Bonchev–Trinajstić information content (AvgIpc) is 3.20. The van der Waals surface area contributed by atoms with Gasteiger partial charge in [-0.3, -0.25) is 4.79 Å². The molecule has 0 fully saturated rings. The fourth-order valence-corrected chi connectivity index (χ4v) is 5.08. The van der Waals surface area contributed by atoms with E-state index in [1.165, 1.54) is 12.1 Å². The Morgan fingerprint density at radius 2 is 1.70 bits per heavy atom. The lowest BCUT2D eigenvalue weighted by molar-refractivity contribution is 0.0951. The van der Waals surface area contributed by atoms with E-state index < -0.39 is 15.1 Å². The van der Waals surface area contributed by atoms with E-state index in [0.717, 1.165) is 16.6 Å². The number of benzene rings is 2. The summed E-state index contributed by atoms with van der Waals surface area (Å²) in [4.78, 5) is 12.9. The highest BCUT2D eigenvalue weighted by molar-refractivity contribution is 9.10. The van der Waals surface area contributed by atoms with Crippen molar-refractivity contribution < 1.29 is 17.6 Å². The normalized spacial score (nSPS) is 11.8. The summed E-state index contributed by atoms with van der Waals surface area (Å²) in [6.45, 7) is 3.53. The van der Waals surface area contributed by atoms with Crippen LogP contribution in [0.25, 0.3) is 16.6 Å². The summed E-state index contributed by atoms with van der Waals surface area (Å²) in [6, 6.07) is 16.9. The van der Waals surface area contributed by atoms with Crippen LogP contribution in [0.1, 0.15) is 29.8 Å². The zero-order chi connectivity index (χ0) is 23.8. The first kappa shape index (κ1) is 23.2. The quantitative estimate of drug-likeness (QED) is 0.353. The van der Waals surface area contributed by atoms with Crippen LogP contribution in [0.5, 0.6) is 0 Å². The Kier molecular flexibility index (Phi) is 6.41. The van der Waals surface area contributed by atoms with Crippen LogP contribution in [-0.2, 0) is 16.4 Å². The number of rotatable bonds is 6. The zero-order valence-electron chi connectivity index (χ0n) is 18.0. The third kappa shape index (κ3) is 5.02. The number of nitrogens with zero attached hydrogens (tertiary/aromatic N) is 1. The number of amides is 1. The van der Waals surface area contributed by atoms with Crippen LogP contribution in [-0.4, -0.2) is 24.0 Å². The minimum Gasteiger partial charge on any atom is -0.348 e. The molecule has 0 bridgehead atoms. The van der Waals surface area contributed by atoms with E-state index in [1.807, 2.05) is 22.7 Å². The smallest absolute Gasteiger partial charge is 0.253 e. The molecule has 0 saturated carbocycles. The third-order valence-corrected chi connectivity index (χ3v) is 7.99. The third-order valence-electron chi connectivity index (χ3n) is 5.37. The molecule has 0 saturated heterocycles. The number of nitrogens with one attached hydrogen (secondary N) is 1. The predicted molar refractivity (Wildman–Crippen MR) is 130 cm³/mol. The number of fused-ring (bicyclic) bond motifs is 1. The number of carbonyl (C=O) groups is 1. The molecule has 5 nitrogen and oxygen atoms in total. The first-order chi connectivity index (χ1) is 15.6. The number of halogens is 2. The highest BCUT2D eigenvalue weighted by atomic mass is 79.9. The van der Waals surface area contributed by atoms with E-state index in [4.69, 9.17) is 0 Å². The van der Waals surface area contributed by atoms with Crippen molar-refractivity contribution in [3.05, 3.63) is 94.5 Å². The Labute approximate surface area is 200 Å². The lowest BCUT2D eigenvalue weighted by Gasteiger charge is -2.09. The molecule has 2 aromatic heterocycles. The SMILES string of the molecule is CC(C)S(=O)(=O)c1ccc(-c2ccc3cc(C(=O)NCc4cc(F)cc(Br)c4)cn3c2)cc1. The molecule has 0 atom stereocenters. The van der Waals surface area contributed by atoms with E-state index >= 15 is 0 Å². The van der Waals surface area contributed by atoms with Gasteiger partial charge in [0.05, 0.1) is 15.7 Å². The van der Waals surface area contributed by atoms with Gasteiger partial charge in [0, 0.05) is 28.9 Å². The first-order valence-corrected chi connectivity index (χ1v) is 12.7. The van der Waals surface area contributed by atoms with Crippen LogP contribution in [0.15, 0.2) is 82.4 Å². The summed E-state index contributed by atoms with van der Waals surface area (Å²) >= 11 is 3.25. The lowest BCUT2D eigenvalue weighted by atomic mass is 10.1. The summed E-state index contributed by atoms with van der Waals surface area (Å²) in [7, 11) is -3.32. The van der Waals surface area contributed by atoms with Crippen molar-refractivity contribution in [3.63, 3.8) is 0 Å². The molecule has 2 heterocycles. The van der Waals surface area contributed by atoms with E-state index in [-0.39, 0.29) is 18.3 Å². The van der Waals surface area contributed by atoms with Crippen molar-refractivity contribution in [2.45, 2.75) is 30.5 Å². The van der Waals surface area contributed by atoms with Crippen LogP contribution < -0.4 is 5.32 Å². The Balaban J connectivity index is 1.53. The van der Waals surface area contributed by atoms with E-state index in [0.29, 0.717) is 20.5 Å². The molecular weight excluding hydrogens is 507 g/mol. The fourth-order valence-electron chi connectivity index (χ4n) is 3.51. The van der Waals surface area contributed by atoms with Gasteiger partial charge < -0.3 is 9.72 Å². The summed E-state index contributed by atoms with van der Waals surface area (Å²) in [6.07, 6.45) is 3.62. The molecule has 0 aliphatic carbocycles. The first-order valence-electron chi connectivity index (χ1n) is 10.3. The Hall–Kier alpha value is -2.97. The number of carbonyl (C=O) groups excluding carboxylic acids is 1. The van der Waals surface area contributed by atoms with Crippen LogP contribution in [0.4, 0.5) is 4.39 Å². The maximum absolute atomic E-state index is 13.5. The Morgan fingerprint density at radius 3 is 2.36 bits per heavy atom. The summed E-state index contributed by atoms with van der Waals surface area (Å²) in [5.41, 5.74) is 3.75. The molecule has 0 radical (unpaired) electrons. The molecule has 0 spiro atoms. The van der Waals surface area contributed by atoms with Gasteiger partial charge in [0.2, 0.25) is 0 Å². The van der Waals surface area contributed by atoms with Gasteiger partial charge in [-0.25, -0.2) is 12.8 Å². The minimum absolute atomic E-state index is 0.207. The van der Waals surface area contributed by atoms with E-state index in [9.17, 15) is 17.6 Å². The maximum Gasteiger partial charge on any atom is 0.253 e. The number of hydrogen-bond acceptors (Lipinski definition) is 3. The van der Waals surface area contributed by atoms with Crippen molar-refractivity contribution in [1.82, 2.24) is 9.72 Å². The summed E-state index contributed by atoms with van der Waals surface area (Å²) in [5, 5.41) is 2.33. The van der Waals surface area contributed by atoms with Gasteiger partial charge in [-0.2, -0.15) is 0 Å². The van der Waals surface area contributed by atoms with E-state index in [1.54, 1.807) is 56.4 Å². The van der Waals surface area contributed by atoms with Gasteiger partial charge in [0.25, 0.3) is 5.91 Å². The van der Waals surface area contributed by atoms with Gasteiger partial charge in [0.1, 0.15) is 5.82 Å². The summed E-state index contributed by atoms with van der Waals surface area (Å²) < 4.78 is 40.7. The van der Waals surface area contributed by atoms with Crippen molar-refractivity contribution in [3.8, 4) is 11.1 Å². The molecule has 170 valence electrons. The molecule has 2 aromatic carbocycles. The van der Waals surface area contributed by atoms with Crippen molar-refractivity contribution in [2.24, 2.45) is 0 Å². The van der Waals surface area contributed by atoms with E-state index in [2.05, 4.69) is 21.2 Å². The molecule has 4 rings (SSSR count). The Bertz CT molecular complexity index is 1420.